The fourth-order valence-electron chi connectivity index (χ4n) is 5.71. The summed E-state index contributed by atoms with van der Waals surface area (Å²) in [7, 11) is 0. The van der Waals surface area contributed by atoms with Gasteiger partial charge in [-0.05, 0) is 82.7 Å². The van der Waals surface area contributed by atoms with E-state index >= 15 is 0 Å². The number of aldehydes is 1. The number of benzene rings is 1. The maximum Gasteiger partial charge on any atom is 0.162 e. The summed E-state index contributed by atoms with van der Waals surface area (Å²) in [5.74, 6) is 1.97. The third-order valence-electron chi connectivity index (χ3n) is 8.84. The Morgan fingerprint density at radius 3 is 2.17 bits per heavy atom. The number of nitrogen functional groups attached to an aromatic ring is 1. The second-order valence-corrected chi connectivity index (χ2v) is 13.3. The maximum atomic E-state index is 12.4. The van der Waals surface area contributed by atoms with Crippen LogP contribution in [-0.2, 0) is 19.7 Å². The summed E-state index contributed by atoms with van der Waals surface area (Å²) in [6, 6.07) is 5.61. The molecule has 1 saturated carbocycles. The third kappa shape index (κ3) is 10.9. The van der Waals surface area contributed by atoms with Crippen molar-refractivity contribution in [3.8, 4) is 0 Å². The predicted molar refractivity (Wildman–Crippen MR) is 195 cm³/mol. The summed E-state index contributed by atoms with van der Waals surface area (Å²) in [5.41, 5.74) is 9.16. The zero-order valence-electron chi connectivity index (χ0n) is 30.3. The summed E-state index contributed by atoms with van der Waals surface area (Å²) in [4.78, 5) is 33.5. The van der Waals surface area contributed by atoms with Crippen LogP contribution in [0.5, 0.6) is 0 Å². The molecule has 0 spiro atoms. The Labute approximate surface area is 284 Å². The Hall–Kier alpha value is -3.25. The average Bonchev–Trinajstić information content (AvgIpc) is 3.02. The molecule has 1 aliphatic carbocycles. The Kier molecular flexibility index (Phi) is 16.7. The van der Waals surface area contributed by atoms with Crippen LogP contribution < -0.4 is 5.73 Å². The van der Waals surface area contributed by atoms with E-state index in [0.29, 0.717) is 28.5 Å². The Morgan fingerprint density at radius 2 is 1.72 bits per heavy atom. The molecular formula is C39H58ClN3O3. The van der Waals surface area contributed by atoms with Gasteiger partial charge in [0.25, 0.3) is 0 Å². The van der Waals surface area contributed by atoms with E-state index in [2.05, 4.69) is 18.5 Å². The molecule has 1 fully saturated rings. The summed E-state index contributed by atoms with van der Waals surface area (Å²) < 4.78 is 5.81. The van der Waals surface area contributed by atoms with Crippen molar-refractivity contribution >= 4 is 35.1 Å². The van der Waals surface area contributed by atoms with Gasteiger partial charge < -0.3 is 15.3 Å². The van der Waals surface area contributed by atoms with Crippen molar-refractivity contribution in [2.75, 3.05) is 5.73 Å². The molecule has 1 aromatic carbocycles. The fourth-order valence-corrected chi connectivity index (χ4v) is 5.94. The number of rotatable bonds is 11. The number of allylic oxidation sites excluding steroid dienone is 3. The molecule has 1 atom stereocenters. The number of halogens is 1. The van der Waals surface area contributed by atoms with Crippen molar-refractivity contribution in [2.45, 2.75) is 127 Å². The Bertz CT molecular complexity index is 1380. The van der Waals surface area contributed by atoms with Crippen LogP contribution in [0.25, 0.3) is 5.57 Å². The molecule has 254 valence electrons. The first-order valence-corrected chi connectivity index (χ1v) is 17.1. The highest BCUT2D eigenvalue weighted by Crippen LogP contribution is 2.37. The van der Waals surface area contributed by atoms with Gasteiger partial charge in [0.2, 0.25) is 0 Å². The zero-order valence-corrected chi connectivity index (χ0v) is 31.0. The maximum absolute atomic E-state index is 12.4. The van der Waals surface area contributed by atoms with Crippen molar-refractivity contribution < 1.29 is 14.3 Å². The number of aryl methyl sites for hydroxylation is 2. The van der Waals surface area contributed by atoms with Gasteiger partial charge in [-0.1, -0.05) is 103 Å². The van der Waals surface area contributed by atoms with Gasteiger partial charge >= 0.3 is 0 Å². The topological polar surface area (TPSA) is 95.2 Å². The van der Waals surface area contributed by atoms with Crippen LogP contribution in [0.2, 0.25) is 5.02 Å². The van der Waals surface area contributed by atoms with E-state index < -0.39 is 10.8 Å². The van der Waals surface area contributed by atoms with E-state index in [9.17, 15) is 9.59 Å². The van der Waals surface area contributed by atoms with Crippen LogP contribution >= 0.6 is 11.6 Å². The van der Waals surface area contributed by atoms with Gasteiger partial charge in [0.15, 0.2) is 5.82 Å². The van der Waals surface area contributed by atoms with Crippen LogP contribution in [0.1, 0.15) is 135 Å². The summed E-state index contributed by atoms with van der Waals surface area (Å²) in [6.07, 6.45) is 13.6. The lowest BCUT2D eigenvalue weighted by Crippen LogP contribution is -2.30. The second-order valence-electron chi connectivity index (χ2n) is 12.9. The van der Waals surface area contributed by atoms with Gasteiger partial charge in [0.1, 0.15) is 29.1 Å². The molecule has 1 heterocycles. The molecule has 0 saturated heterocycles. The molecule has 46 heavy (non-hydrogen) atoms. The quantitative estimate of drug-likeness (QED) is 0.192. The fraction of sp³-hybridized carbons (Fsp3) is 0.538. The number of ether oxygens (including phenoxy) is 1. The number of carbonyl (C=O) groups is 2. The zero-order chi connectivity index (χ0) is 35.2. The van der Waals surface area contributed by atoms with Crippen molar-refractivity contribution in [1.29, 1.82) is 0 Å². The van der Waals surface area contributed by atoms with E-state index in [0.717, 1.165) is 34.5 Å². The highest BCUT2D eigenvalue weighted by Gasteiger charge is 2.37. The minimum atomic E-state index is -1.29. The van der Waals surface area contributed by atoms with E-state index in [1.54, 1.807) is 20.8 Å². The number of carbonyl (C=O) groups excluding carboxylic acids is 2. The van der Waals surface area contributed by atoms with Crippen molar-refractivity contribution in [3.63, 3.8) is 0 Å². The molecule has 0 radical (unpaired) electrons. The molecule has 1 unspecified atom stereocenters. The molecule has 0 amide bonds. The Balaban J connectivity index is 0.000000905. The number of hydrogen-bond donors (Lipinski definition) is 1. The SMILES string of the molecule is C=C(O/C=C(\C)CC(C)(C)C(C)=O)C(C)(C=O)c1c(C)nc(/C(=C/C)c2ccc(Cl)cc2C)nc1N.CC.CCC1CCCCC1. The lowest BCUT2D eigenvalue weighted by atomic mass is 9.81. The molecule has 6 nitrogen and oxygen atoms in total. The number of ketones is 1. The monoisotopic (exact) mass is 651 g/mol. The number of nitrogens with two attached hydrogens (primary N) is 1. The minimum absolute atomic E-state index is 0.0849. The highest BCUT2D eigenvalue weighted by molar-refractivity contribution is 6.30. The molecule has 2 N–H and O–H groups in total. The van der Waals surface area contributed by atoms with Crippen LogP contribution in [0.4, 0.5) is 5.82 Å². The van der Waals surface area contributed by atoms with E-state index in [1.165, 1.54) is 44.8 Å². The van der Waals surface area contributed by atoms with Gasteiger partial charge in [-0.2, -0.15) is 0 Å². The van der Waals surface area contributed by atoms with Crippen molar-refractivity contribution in [2.24, 2.45) is 11.3 Å². The van der Waals surface area contributed by atoms with Gasteiger partial charge in [-0.25, -0.2) is 9.97 Å². The second kappa shape index (κ2) is 18.8. The van der Waals surface area contributed by atoms with Gasteiger partial charge in [-0.3, -0.25) is 4.79 Å². The number of aromatic nitrogens is 2. The minimum Gasteiger partial charge on any atom is -0.469 e. The summed E-state index contributed by atoms with van der Waals surface area (Å²) in [6.45, 7) is 24.8. The highest BCUT2D eigenvalue weighted by atomic mass is 35.5. The molecular weight excluding hydrogens is 594 g/mol. The van der Waals surface area contributed by atoms with Crippen LogP contribution in [0, 0.1) is 25.2 Å². The van der Waals surface area contributed by atoms with Gasteiger partial charge in [0.05, 0.1) is 6.26 Å². The molecule has 1 aromatic heterocycles. The largest absolute Gasteiger partial charge is 0.469 e. The van der Waals surface area contributed by atoms with E-state index in [1.807, 2.05) is 72.7 Å². The molecule has 0 aliphatic heterocycles. The molecule has 1 aliphatic rings. The molecule has 0 bridgehead atoms. The van der Waals surface area contributed by atoms with Gasteiger partial charge in [0, 0.05) is 27.3 Å². The smallest absolute Gasteiger partial charge is 0.162 e. The number of anilines is 1. The normalized spacial score (nSPS) is 15.4. The van der Waals surface area contributed by atoms with E-state index in [-0.39, 0.29) is 17.4 Å². The van der Waals surface area contributed by atoms with Crippen molar-refractivity contribution in [3.05, 3.63) is 81.7 Å². The van der Waals surface area contributed by atoms with Crippen LogP contribution in [0.3, 0.4) is 0 Å². The Morgan fingerprint density at radius 1 is 1.11 bits per heavy atom. The molecule has 7 heteroatoms. The lowest BCUT2D eigenvalue weighted by Gasteiger charge is -2.28. The summed E-state index contributed by atoms with van der Waals surface area (Å²) in [5, 5.41) is 0.646. The first-order chi connectivity index (χ1) is 21.6. The first-order valence-electron chi connectivity index (χ1n) is 16.7. The average molecular weight is 652 g/mol. The first kappa shape index (κ1) is 40.8. The number of Topliss-reactive ketones (excluding diaryl/α,β-unsaturated/α-hetero) is 1. The van der Waals surface area contributed by atoms with E-state index in [4.69, 9.17) is 27.1 Å². The third-order valence-corrected chi connectivity index (χ3v) is 9.07. The lowest BCUT2D eigenvalue weighted by molar-refractivity contribution is -0.124. The molecule has 3 rings (SSSR count). The van der Waals surface area contributed by atoms with Crippen LogP contribution in [0.15, 0.2) is 48.4 Å². The standard InChI is InChI=1S/C29H36ClN3O3.C8H16.C2H6/c1-10-23(24-12-11-22(30)13-18(24)3)27-32-19(4)25(26(31)33-27)29(9,16-34)21(6)36-15-17(2)14-28(7,8)20(5)35;1-2-8-6-4-3-5-7-8;1-2/h10-13,15-16H,6,14H2,1-5,7-9H3,(H2,31,32,33);8H,2-7H2,1H3;1-2H3/b17-15+,23-10+;;. The molecule has 2 aromatic rings. The summed E-state index contributed by atoms with van der Waals surface area (Å²) >= 11 is 6.13. The number of nitrogens with zero attached hydrogens (tertiary/aromatic N) is 2. The number of hydrogen-bond acceptors (Lipinski definition) is 6. The van der Waals surface area contributed by atoms with Crippen LogP contribution in [-0.4, -0.2) is 22.0 Å². The van der Waals surface area contributed by atoms with Crippen molar-refractivity contribution in [1.82, 2.24) is 9.97 Å². The predicted octanol–water partition coefficient (Wildman–Crippen LogP) is 10.7. The van der Waals surface area contributed by atoms with Gasteiger partial charge in [-0.15, -0.1) is 0 Å².